The second kappa shape index (κ2) is 6.60. The van der Waals surface area contributed by atoms with Crippen molar-refractivity contribution in [2.24, 2.45) is 0 Å². The molecule has 0 saturated carbocycles. The molecule has 0 radical (unpaired) electrons. The van der Waals surface area contributed by atoms with Crippen LogP contribution in [0.25, 0.3) is 10.2 Å². The summed E-state index contributed by atoms with van der Waals surface area (Å²) in [7, 11) is 1.67. The first-order valence-corrected chi connectivity index (χ1v) is 8.92. The van der Waals surface area contributed by atoms with Crippen LogP contribution in [-0.4, -0.2) is 35.2 Å². The second-order valence-electron chi connectivity index (χ2n) is 5.79. The number of ether oxygens (including phenoxy) is 1. The number of fused-ring (bicyclic) bond motifs is 1. The third-order valence-electron chi connectivity index (χ3n) is 4.13. The van der Waals surface area contributed by atoms with Gasteiger partial charge < -0.3 is 15.0 Å². The molecule has 0 unspecified atom stereocenters. The van der Waals surface area contributed by atoms with Crippen LogP contribution >= 0.6 is 11.3 Å². The summed E-state index contributed by atoms with van der Waals surface area (Å²) < 4.78 is 6.34. The summed E-state index contributed by atoms with van der Waals surface area (Å²) in [5, 5.41) is 4.09. The number of hydrogen-bond acceptors (Lipinski definition) is 7. The van der Waals surface area contributed by atoms with Gasteiger partial charge in [0, 0.05) is 13.1 Å². The maximum absolute atomic E-state index is 5.26. The Morgan fingerprint density at radius 2 is 2.00 bits per heavy atom. The van der Waals surface area contributed by atoms with Gasteiger partial charge in [0.15, 0.2) is 10.9 Å². The summed E-state index contributed by atoms with van der Waals surface area (Å²) in [5.41, 5.74) is 0.948. The monoisotopic (exact) mass is 341 g/mol. The van der Waals surface area contributed by atoms with Crippen LogP contribution in [0.3, 0.4) is 0 Å². The zero-order chi connectivity index (χ0) is 16.4. The van der Waals surface area contributed by atoms with Gasteiger partial charge in [0.05, 0.1) is 29.7 Å². The molecule has 1 aliphatic rings. The standard InChI is InChI=1S/C17H19N5OS/c1-23-12-5-6-13-14(9-12)24-17(19-13)21-15-10-18-11-16(20-15)22-7-3-2-4-8-22/h5-6,9-11H,2-4,7-8H2,1H3,(H,19,20,21). The number of piperidine rings is 1. The van der Waals surface area contributed by atoms with Gasteiger partial charge >= 0.3 is 0 Å². The highest BCUT2D eigenvalue weighted by atomic mass is 32.1. The molecule has 3 heterocycles. The number of thiazole rings is 1. The summed E-state index contributed by atoms with van der Waals surface area (Å²) in [6.45, 7) is 2.11. The molecule has 1 N–H and O–H groups in total. The predicted molar refractivity (Wildman–Crippen MR) is 97.6 cm³/mol. The molecule has 7 heteroatoms. The number of nitrogens with zero attached hydrogens (tertiary/aromatic N) is 4. The molecule has 1 fully saturated rings. The van der Waals surface area contributed by atoms with Crippen LogP contribution in [0, 0.1) is 0 Å². The molecule has 1 saturated heterocycles. The van der Waals surface area contributed by atoms with Crippen LogP contribution in [0.1, 0.15) is 19.3 Å². The van der Waals surface area contributed by atoms with E-state index in [2.05, 4.69) is 25.2 Å². The lowest BCUT2D eigenvalue weighted by Gasteiger charge is -2.27. The molecule has 0 spiro atoms. The highest BCUT2D eigenvalue weighted by Gasteiger charge is 2.13. The fraction of sp³-hybridized carbons (Fsp3) is 0.353. The van der Waals surface area contributed by atoms with E-state index in [0.717, 1.165) is 45.8 Å². The van der Waals surface area contributed by atoms with Crippen molar-refractivity contribution in [3.05, 3.63) is 30.6 Å². The first-order valence-electron chi connectivity index (χ1n) is 8.10. The van der Waals surface area contributed by atoms with Gasteiger partial charge in [-0.25, -0.2) is 9.97 Å². The SMILES string of the molecule is COc1ccc2nc(Nc3cncc(N4CCCCC4)n3)sc2c1. The number of hydrogen-bond donors (Lipinski definition) is 1. The number of benzene rings is 1. The van der Waals surface area contributed by atoms with E-state index in [4.69, 9.17) is 4.74 Å². The van der Waals surface area contributed by atoms with Crippen molar-refractivity contribution in [1.82, 2.24) is 15.0 Å². The molecule has 1 aromatic carbocycles. The largest absolute Gasteiger partial charge is 0.497 e. The summed E-state index contributed by atoms with van der Waals surface area (Å²) in [4.78, 5) is 15.9. The minimum Gasteiger partial charge on any atom is -0.497 e. The molecule has 2 aromatic heterocycles. The minimum atomic E-state index is 0.726. The third-order valence-corrected chi connectivity index (χ3v) is 5.07. The number of aromatic nitrogens is 3. The van der Waals surface area contributed by atoms with E-state index in [1.165, 1.54) is 19.3 Å². The van der Waals surface area contributed by atoms with Crippen molar-refractivity contribution < 1.29 is 4.74 Å². The van der Waals surface area contributed by atoms with Gasteiger partial charge in [0.2, 0.25) is 0 Å². The molecular weight excluding hydrogens is 322 g/mol. The van der Waals surface area contributed by atoms with Crippen LogP contribution in [0.4, 0.5) is 16.8 Å². The van der Waals surface area contributed by atoms with E-state index in [1.54, 1.807) is 24.6 Å². The zero-order valence-electron chi connectivity index (χ0n) is 13.5. The average Bonchev–Trinajstić information content (AvgIpc) is 3.04. The molecule has 24 heavy (non-hydrogen) atoms. The van der Waals surface area contributed by atoms with Crippen molar-refractivity contribution in [3.8, 4) is 5.75 Å². The third kappa shape index (κ3) is 3.12. The number of rotatable bonds is 4. The Labute approximate surface area is 144 Å². The molecule has 1 aliphatic heterocycles. The number of methoxy groups -OCH3 is 1. The van der Waals surface area contributed by atoms with Crippen molar-refractivity contribution in [1.29, 1.82) is 0 Å². The summed E-state index contributed by atoms with van der Waals surface area (Å²) in [6, 6.07) is 5.88. The van der Waals surface area contributed by atoms with Crippen molar-refractivity contribution in [2.75, 3.05) is 30.4 Å². The quantitative estimate of drug-likeness (QED) is 0.778. The van der Waals surface area contributed by atoms with Gasteiger partial charge in [-0.2, -0.15) is 0 Å². The molecular formula is C17H19N5OS. The molecule has 0 bridgehead atoms. The number of nitrogens with one attached hydrogen (secondary N) is 1. The molecule has 0 amide bonds. The molecule has 6 nitrogen and oxygen atoms in total. The maximum atomic E-state index is 5.26. The van der Waals surface area contributed by atoms with Gasteiger partial charge in [-0.05, 0) is 37.5 Å². The first-order chi connectivity index (χ1) is 11.8. The fourth-order valence-electron chi connectivity index (χ4n) is 2.89. The van der Waals surface area contributed by atoms with Crippen LogP contribution in [-0.2, 0) is 0 Å². The summed E-state index contributed by atoms with van der Waals surface area (Å²) >= 11 is 1.58. The Morgan fingerprint density at radius 1 is 1.12 bits per heavy atom. The topological polar surface area (TPSA) is 63.2 Å². The van der Waals surface area contributed by atoms with Gasteiger partial charge in [-0.15, -0.1) is 0 Å². The van der Waals surface area contributed by atoms with Crippen LogP contribution in [0.15, 0.2) is 30.6 Å². The van der Waals surface area contributed by atoms with Crippen molar-refractivity contribution >= 4 is 38.3 Å². The Morgan fingerprint density at radius 3 is 2.83 bits per heavy atom. The Hall–Kier alpha value is -2.41. The predicted octanol–water partition coefficient (Wildman–Crippen LogP) is 3.83. The highest BCUT2D eigenvalue weighted by molar-refractivity contribution is 7.22. The second-order valence-corrected chi connectivity index (χ2v) is 6.82. The van der Waals surface area contributed by atoms with Crippen molar-refractivity contribution in [2.45, 2.75) is 19.3 Å². The highest BCUT2D eigenvalue weighted by Crippen LogP contribution is 2.30. The lowest BCUT2D eigenvalue weighted by atomic mass is 10.1. The minimum absolute atomic E-state index is 0.726. The van der Waals surface area contributed by atoms with Crippen LogP contribution in [0.5, 0.6) is 5.75 Å². The first kappa shape index (κ1) is 15.1. The van der Waals surface area contributed by atoms with Crippen molar-refractivity contribution in [3.63, 3.8) is 0 Å². The van der Waals surface area contributed by atoms with Crippen LogP contribution in [0.2, 0.25) is 0 Å². The van der Waals surface area contributed by atoms with E-state index in [-0.39, 0.29) is 0 Å². The Balaban J connectivity index is 1.56. The molecule has 4 rings (SSSR count). The van der Waals surface area contributed by atoms with Gasteiger partial charge in [0.1, 0.15) is 11.6 Å². The molecule has 0 aliphatic carbocycles. The number of anilines is 3. The van der Waals surface area contributed by atoms with E-state index >= 15 is 0 Å². The van der Waals surface area contributed by atoms with E-state index in [1.807, 2.05) is 24.4 Å². The Bertz CT molecular complexity index is 844. The van der Waals surface area contributed by atoms with Gasteiger partial charge in [0.25, 0.3) is 0 Å². The lowest BCUT2D eigenvalue weighted by Crippen LogP contribution is -2.30. The van der Waals surface area contributed by atoms with E-state index in [0.29, 0.717) is 0 Å². The molecule has 3 aromatic rings. The fourth-order valence-corrected chi connectivity index (χ4v) is 3.79. The van der Waals surface area contributed by atoms with Gasteiger partial charge in [-0.1, -0.05) is 11.3 Å². The van der Waals surface area contributed by atoms with Crippen LogP contribution < -0.4 is 15.0 Å². The maximum Gasteiger partial charge on any atom is 0.189 e. The smallest absolute Gasteiger partial charge is 0.189 e. The Kier molecular flexibility index (Phi) is 4.17. The van der Waals surface area contributed by atoms with Gasteiger partial charge in [-0.3, -0.25) is 4.98 Å². The molecule has 124 valence electrons. The normalized spacial score (nSPS) is 14.8. The summed E-state index contributed by atoms with van der Waals surface area (Å²) in [6.07, 6.45) is 7.31. The van der Waals surface area contributed by atoms with E-state index in [9.17, 15) is 0 Å². The zero-order valence-corrected chi connectivity index (χ0v) is 14.3. The lowest BCUT2D eigenvalue weighted by molar-refractivity contribution is 0.415. The van der Waals surface area contributed by atoms with E-state index < -0.39 is 0 Å². The average molecular weight is 341 g/mol. The molecule has 0 atom stereocenters. The summed E-state index contributed by atoms with van der Waals surface area (Å²) in [5.74, 6) is 2.50.